The minimum atomic E-state index is -0.665. The van der Waals surface area contributed by atoms with Gasteiger partial charge < -0.3 is 15.2 Å². The van der Waals surface area contributed by atoms with E-state index in [1.165, 1.54) is 0 Å². The van der Waals surface area contributed by atoms with Crippen LogP contribution in [-0.4, -0.2) is 17.1 Å². The number of carbonyl (C=O) groups is 1. The third kappa shape index (κ3) is 3.79. The molecule has 0 spiro atoms. The van der Waals surface area contributed by atoms with Gasteiger partial charge >= 0.3 is 0 Å². The van der Waals surface area contributed by atoms with E-state index < -0.39 is 6.10 Å². The number of benzene rings is 2. The Morgan fingerprint density at radius 3 is 2.41 bits per heavy atom. The maximum absolute atomic E-state index is 12.2. The topological polar surface area (TPSA) is 58.6 Å². The number of hydrogen-bond donors (Lipinski definition) is 2. The summed E-state index contributed by atoms with van der Waals surface area (Å²) in [7, 11) is 0. The molecule has 0 heterocycles. The molecule has 2 aromatic rings. The van der Waals surface area contributed by atoms with E-state index in [4.69, 9.17) is 4.74 Å². The minimum Gasteiger partial charge on any atom is -0.506 e. The maximum atomic E-state index is 12.2. The summed E-state index contributed by atoms with van der Waals surface area (Å²) >= 11 is 0. The fourth-order valence-corrected chi connectivity index (χ4v) is 2.16. The van der Waals surface area contributed by atoms with Gasteiger partial charge in [-0.3, -0.25) is 4.79 Å². The van der Waals surface area contributed by atoms with E-state index >= 15 is 0 Å². The molecule has 0 aromatic heterocycles. The fraction of sp³-hybridized carbons (Fsp3) is 0.278. The van der Waals surface area contributed by atoms with Crippen LogP contribution < -0.4 is 10.1 Å². The zero-order valence-electron chi connectivity index (χ0n) is 13.3. The molecule has 2 aromatic carbocycles. The summed E-state index contributed by atoms with van der Waals surface area (Å²) in [5.74, 6) is 0.417. The second-order valence-electron chi connectivity index (χ2n) is 5.54. The molecule has 0 aliphatic heterocycles. The monoisotopic (exact) mass is 299 g/mol. The SMILES string of the molecule is Cc1ccc(OC(C)C(=O)Nc2cc(C)ccc2O)c(C)c1. The largest absolute Gasteiger partial charge is 0.506 e. The van der Waals surface area contributed by atoms with E-state index in [1.807, 2.05) is 39.0 Å². The molecule has 4 nitrogen and oxygen atoms in total. The lowest BCUT2D eigenvalue weighted by atomic mass is 10.1. The molecule has 0 bridgehead atoms. The zero-order chi connectivity index (χ0) is 16.3. The molecule has 0 aliphatic rings. The molecule has 116 valence electrons. The Morgan fingerprint density at radius 1 is 1.09 bits per heavy atom. The van der Waals surface area contributed by atoms with Crippen molar-refractivity contribution in [2.24, 2.45) is 0 Å². The van der Waals surface area contributed by atoms with Gasteiger partial charge in [0.2, 0.25) is 0 Å². The molecule has 2 N–H and O–H groups in total. The van der Waals surface area contributed by atoms with Crippen molar-refractivity contribution in [2.45, 2.75) is 33.8 Å². The number of anilines is 1. The molecule has 1 amide bonds. The Balaban J connectivity index is 2.07. The van der Waals surface area contributed by atoms with Gasteiger partial charge in [0.05, 0.1) is 5.69 Å². The second kappa shape index (κ2) is 6.52. The molecule has 0 fully saturated rings. The molecule has 0 saturated carbocycles. The van der Waals surface area contributed by atoms with Crippen LogP contribution in [0.1, 0.15) is 23.6 Å². The van der Waals surface area contributed by atoms with Crippen LogP contribution in [0.15, 0.2) is 36.4 Å². The summed E-state index contributed by atoms with van der Waals surface area (Å²) in [4.78, 5) is 12.2. The van der Waals surface area contributed by atoms with E-state index in [1.54, 1.807) is 25.1 Å². The quantitative estimate of drug-likeness (QED) is 0.846. The van der Waals surface area contributed by atoms with Crippen molar-refractivity contribution in [3.8, 4) is 11.5 Å². The number of amides is 1. The average molecular weight is 299 g/mol. The van der Waals surface area contributed by atoms with Crippen LogP contribution in [0, 0.1) is 20.8 Å². The number of nitrogens with one attached hydrogen (secondary N) is 1. The summed E-state index contributed by atoms with van der Waals surface area (Å²) in [5.41, 5.74) is 3.47. The van der Waals surface area contributed by atoms with Crippen LogP contribution >= 0.6 is 0 Å². The number of hydrogen-bond acceptors (Lipinski definition) is 3. The molecule has 22 heavy (non-hydrogen) atoms. The van der Waals surface area contributed by atoms with Crippen LogP contribution in [0.2, 0.25) is 0 Å². The van der Waals surface area contributed by atoms with Crippen molar-refractivity contribution in [2.75, 3.05) is 5.32 Å². The van der Waals surface area contributed by atoms with Crippen molar-refractivity contribution in [1.29, 1.82) is 0 Å². The maximum Gasteiger partial charge on any atom is 0.265 e. The first-order chi connectivity index (χ1) is 10.4. The lowest BCUT2D eigenvalue weighted by Gasteiger charge is -2.17. The third-order valence-electron chi connectivity index (χ3n) is 3.41. The fourth-order valence-electron chi connectivity index (χ4n) is 2.16. The summed E-state index contributed by atoms with van der Waals surface area (Å²) < 4.78 is 5.71. The van der Waals surface area contributed by atoms with Gasteiger partial charge in [0, 0.05) is 0 Å². The number of phenols is 1. The number of phenolic OH excluding ortho intramolecular Hbond substituents is 1. The summed E-state index contributed by atoms with van der Waals surface area (Å²) in [6, 6.07) is 10.9. The highest BCUT2D eigenvalue weighted by molar-refractivity contribution is 5.95. The van der Waals surface area contributed by atoms with Crippen molar-refractivity contribution in [3.63, 3.8) is 0 Å². The standard InChI is InChI=1S/C18H21NO3/c1-11-6-8-17(13(3)9-11)22-14(4)18(21)19-15-10-12(2)5-7-16(15)20/h5-10,14,20H,1-4H3,(H,19,21). The van der Waals surface area contributed by atoms with Crippen LogP contribution in [-0.2, 0) is 4.79 Å². The summed E-state index contributed by atoms with van der Waals surface area (Å²) in [5, 5.41) is 12.5. The van der Waals surface area contributed by atoms with Crippen molar-refractivity contribution in [1.82, 2.24) is 0 Å². The molecular formula is C18H21NO3. The molecule has 1 atom stereocenters. The third-order valence-corrected chi connectivity index (χ3v) is 3.41. The lowest BCUT2D eigenvalue weighted by Crippen LogP contribution is -2.30. The summed E-state index contributed by atoms with van der Waals surface area (Å²) in [6.45, 7) is 7.53. The van der Waals surface area contributed by atoms with Crippen LogP contribution in [0.5, 0.6) is 11.5 Å². The van der Waals surface area contributed by atoms with Gasteiger partial charge in [0.25, 0.3) is 5.91 Å². The van der Waals surface area contributed by atoms with Crippen LogP contribution in [0.25, 0.3) is 0 Å². The molecule has 0 radical (unpaired) electrons. The van der Waals surface area contributed by atoms with Gasteiger partial charge in [-0.05, 0) is 57.0 Å². The molecule has 4 heteroatoms. The Hall–Kier alpha value is -2.49. The van der Waals surface area contributed by atoms with Gasteiger partial charge in [-0.15, -0.1) is 0 Å². The smallest absolute Gasteiger partial charge is 0.265 e. The minimum absolute atomic E-state index is 0.0395. The number of aryl methyl sites for hydroxylation is 3. The van der Waals surface area contributed by atoms with E-state index in [-0.39, 0.29) is 11.7 Å². The van der Waals surface area contributed by atoms with E-state index in [2.05, 4.69) is 5.32 Å². The number of carbonyl (C=O) groups excluding carboxylic acids is 1. The number of rotatable bonds is 4. The average Bonchev–Trinajstić information content (AvgIpc) is 2.45. The molecule has 2 rings (SSSR count). The second-order valence-corrected chi connectivity index (χ2v) is 5.54. The van der Waals surface area contributed by atoms with Gasteiger partial charge in [-0.2, -0.15) is 0 Å². The Kier molecular flexibility index (Phi) is 4.71. The lowest BCUT2D eigenvalue weighted by molar-refractivity contribution is -0.122. The van der Waals surface area contributed by atoms with E-state index in [0.29, 0.717) is 11.4 Å². The first-order valence-electron chi connectivity index (χ1n) is 7.21. The number of aromatic hydroxyl groups is 1. The Morgan fingerprint density at radius 2 is 1.73 bits per heavy atom. The highest BCUT2D eigenvalue weighted by Gasteiger charge is 2.17. The molecule has 1 unspecified atom stereocenters. The van der Waals surface area contributed by atoms with Crippen molar-refractivity contribution in [3.05, 3.63) is 53.1 Å². The van der Waals surface area contributed by atoms with Gasteiger partial charge in [0.15, 0.2) is 6.10 Å². The van der Waals surface area contributed by atoms with E-state index in [9.17, 15) is 9.90 Å². The Labute approximate surface area is 130 Å². The first kappa shape index (κ1) is 15.9. The first-order valence-corrected chi connectivity index (χ1v) is 7.21. The van der Waals surface area contributed by atoms with Crippen molar-refractivity contribution < 1.29 is 14.6 Å². The number of ether oxygens (including phenoxy) is 1. The molecule has 0 saturated heterocycles. The molecular weight excluding hydrogens is 278 g/mol. The highest BCUT2D eigenvalue weighted by Crippen LogP contribution is 2.25. The highest BCUT2D eigenvalue weighted by atomic mass is 16.5. The van der Waals surface area contributed by atoms with E-state index in [0.717, 1.165) is 16.7 Å². The normalized spacial score (nSPS) is 11.8. The zero-order valence-corrected chi connectivity index (χ0v) is 13.3. The van der Waals surface area contributed by atoms with Gasteiger partial charge in [-0.25, -0.2) is 0 Å². The summed E-state index contributed by atoms with van der Waals surface area (Å²) in [6.07, 6.45) is -0.665. The van der Waals surface area contributed by atoms with Gasteiger partial charge in [0.1, 0.15) is 11.5 Å². The molecule has 0 aliphatic carbocycles. The Bertz CT molecular complexity index is 695. The van der Waals surface area contributed by atoms with Crippen LogP contribution in [0.3, 0.4) is 0 Å². The van der Waals surface area contributed by atoms with Crippen molar-refractivity contribution >= 4 is 11.6 Å². The predicted octanol–water partition coefficient (Wildman–Crippen LogP) is 3.72. The predicted molar refractivity (Wildman–Crippen MR) is 87.5 cm³/mol. The van der Waals surface area contributed by atoms with Gasteiger partial charge in [-0.1, -0.05) is 23.8 Å². The van der Waals surface area contributed by atoms with Crippen LogP contribution in [0.4, 0.5) is 5.69 Å².